The Hall–Kier alpha value is -4.94. The van der Waals surface area contributed by atoms with Gasteiger partial charge in [0.05, 0.1) is 6.61 Å². The van der Waals surface area contributed by atoms with Gasteiger partial charge in [-0.2, -0.15) is 0 Å². The van der Waals surface area contributed by atoms with E-state index in [0.717, 1.165) is 19.4 Å². The first-order chi connectivity index (χ1) is 24.1. The number of hydrogen-bond donors (Lipinski definition) is 7. The molecule has 1 heterocycles. The number of nitrogens with one attached hydrogen (secondary N) is 3. The molecule has 278 valence electrons. The highest BCUT2D eigenvalue weighted by molar-refractivity contribution is 5.91. The summed E-state index contributed by atoms with van der Waals surface area (Å²) in [6, 6.07) is 14.5. The van der Waals surface area contributed by atoms with Crippen molar-refractivity contribution in [1.29, 1.82) is 0 Å². The first-order valence-electron chi connectivity index (χ1n) is 16.0. The SMILES string of the molecule is CC(=O)N[C@@]1(O)[C@@H](OCC(=O)N[C@@H](C)C(=O)N[C@H](CCC(=O)OCc2ccccc2)C(N)=O)[C@H](OC(C)=O)[C@@H](CO)O[C@@]1(O)Cc1ccccc1. The Kier molecular flexibility index (Phi) is 14.6. The number of carbonyl (C=O) groups is 6. The van der Waals surface area contributed by atoms with Crippen LogP contribution in [-0.4, -0.2) is 106 Å². The maximum atomic E-state index is 13.0. The van der Waals surface area contributed by atoms with Gasteiger partial charge in [0.2, 0.25) is 35.1 Å². The second kappa shape index (κ2) is 18.3. The molecule has 0 bridgehead atoms. The number of primary amides is 1. The van der Waals surface area contributed by atoms with Crippen molar-refractivity contribution in [2.24, 2.45) is 5.73 Å². The predicted molar refractivity (Wildman–Crippen MR) is 175 cm³/mol. The van der Waals surface area contributed by atoms with E-state index in [2.05, 4.69) is 16.0 Å². The molecule has 0 spiro atoms. The zero-order valence-corrected chi connectivity index (χ0v) is 28.4. The highest BCUT2D eigenvalue weighted by Gasteiger charge is 2.66. The Morgan fingerprint density at radius 1 is 0.941 bits per heavy atom. The molecule has 0 aromatic heterocycles. The number of amides is 4. The van der Waals surface area contributed by atoms with Crippen molar-refractivity contribution in [1.82, 2.24) is 16.0 Å². The molecule has 4 amide bonds. The van der Waals surface area contributed by atoms with E-state index in [4.69, 9.17) is 24.7 Å². The normalized spacial score (nSPS) is 23.9. The van der Waals surface area contributed by atoms with Crippen LogP contribution in [0.3, 0.4) is 0 Å². The Bertz CT molecular complexity index is 1530. The second-order valence-corrected chi connectivity index (χ2v) is 12.0. The summed E-state index contributed by atoms with van der Waals surface area (Å²) in [6.45, 7) is 1.56. The number of ether oxygens (including phenoxy) is 4. The van der Waals surface area contributed by atoms with Crippen molar-refractivity contribution in [3.8, 4) is 0 Å². The lowest BCUT2D eigenvalue weighted by atomic mass is 9.82. The van der Waals surface area contributed by atoms with Gasteiger partial charge in [0.1, 0.15) is 31.4 Å². The van der Waals surface area contributed by atoms with Crippen LogP contribution in [0.5, 0.6) is 0 Å². The minimum absolute atomic E-state index is 0.0170. The predicted octanol–water partition coefficient (Wildman–Crippen LogP) is -1.55. The molecule has 1 aliphatic heterocycles. The van der Waals surface area contributed by atoms with Gasteiger partial charge in [-0.15, -0.1) is 0 Å². The number of benzene rings is 2. The van der Waals surface area contributed by atoms with Crippen LogP contribution in [0.4, 0.5) is 0 Å². The molecule has 17 nitrogen and oxygen atoms in total. The van der Waals surface area contributed by atoms with E-state index in [1.807, 2.05) is 6.07 Å². The molecule has 1 fully saturated rings. The molecule has 17 heteroatoms. The molecule has 3 rings (SSSR count). The summed E-state index contributed by atoms with van der Waals surface area (Å²) < 4.78 is 21.8. The Morgan fingerprint density at radius 2 is 1.55 bits per heavy atom. The first-order valence-corrected chi connectivity index (χ1v) is 16.0. The molecule has 2 aromatic rings. The largest absolute Gasteiger partial charge is 0.461 e. The number of esters is 2. The fourth-order valence-electron chi connectivity index (χ4n) is 5.40. The van der Waals surface area contributed by atoms with Crippen LogP contribution >= 0.6 is 0 Å². The summed E-state index contributed by atoms with van der Waals surface area (Å²) in [4.78, 5) is 74.5. The zero-order valence-electron chi connectivity index (χ0n) is 28.4. The molecule has 0 unspecified atom stereocenters. The summed E-state index contributed by atoms with van der Waals surface area (Å²) in [6.07, 6.45) is -5.96. The summed E-state index contributed by atoms with van der Waals surface area (Å²) in [5.41, 5.74) is 3.73. The van der Waals surface area contributed by atoms with E-state index < -0.39 is 97.1 Å². The van der Waals surface area contributed by atoms with E-state index in [1.54, 1.807) is 54.6 Å². The number of nitrogens with two attached hydrogens (primary N) is 1. The van der Waals surface area contributed by atoms with Crippen molar-refractivity contribution in [3.05, 3.63) is 71.8 Å². The second-order valence-electron chi connectivity index (χ2n) is 12.0. The molecule has 1 saturated heterocycles. The van der Waals surface area contributed by atoms with Crippen molar-refractivity contribution in [3.63, 3.8) is 0 Å². The van der Waals surface area contributed by atoms with Gasteiger partial charge in [-0.1, -0.05) is 60.7 Å². The third-order valence-corrected chi connectivity index (χ3v) is 7.86. The van der Waals surface area contributed by atoms with Crippen LogP contribution < -0.4 is 21.7 Å². The van der Waals surface area contributed by atoms with Crippen LogP contribution in [-0.2, 0) is 60.7 Å². The van der Waals surface area contributed by atoms with Gasteiger partial charge in [0, 0.05) is 26.7 Å². The first kappa shape index (κ1) is 40.5. The highest BCUT2D eigenvalue weighted by atomic mass is 16.7. The quantitative estimate of drug-likeness (QED) is 0.0723. The number of carbonyl (C=O) groups excluding carboxylic acids is 6. The van der Waals surface area contributed by atoms with Gasteiger partial charge < -0.3 is 56.0 Å². The van der Waals surface area contributed by atoms with Crippen LogP contribution in [0.15, 0.2) is 60.7 Å². The van der Waals surface area contributed by atoms with E-state index in [9.17, 15) is 44.1 Å². The van der Waals surface area contributed by atoms with E-state index in [1.165, 1.54) is 6.92 Å². The minimum atomic E-state index is -2.87. The Morgan fingerprint density at radius 3 is 2.10 bits per heavy atom. The van der Waals surface area contributed by atoms with Gasteiger partial charge in [-0.05, 0) is 24.5 Å². The van der Waals surface area contributed by atoms with Gasteiger partial charge in [0.25, 0.3) is 0 Å². The standard InChI is InChI=1S/C34H44N4O13/c1-20(32(45)37-25(31(35)44)14-15-28(43)48-18-24-12-8-5-9-13-24)36-27(42)19-49-30-29(50-22(3)41)26(17-39)51-33(46,34(30,47)38-21(2)40)16-23-10-6-4-7-11-23/h4-13,20,25-26,29-30,39,46-47H,14-19H2,1-3H3,(H2,35,44)(H,36,42)(H,37,45)(H,38,40)/t20-,25+,26+,29+,30-,33-,34+/m0/s1. The van der Waals surface area contributed by atoms with Crippen molar-refractivity contribution in [2.75, 3.05) is 13.2 Å². The van der Waals surface area contributed by atoms with Crippen LogP contribution in [0, 0.1) is 0 Å². The third-order valence-electron chi connectivity index (χ3n) is 7.86. The fourth-order valence-corrected chi connectivity index (χ4v) is 5.40. The lowest BCUT2D eigenvalue weighted by molar-refractivity contribution is -0.398. The van der Waals surface area contributed by atoms with Crippen LogP contribution in [0.1, 0.15) is 44.7 Å². The van der Waals surface area contributed by atoms with Gasteiger partial charge in [-0.3, -0.25) is 28.8 Å². The summed E-state index contributed by atoms with van der Waals surface area (Å²) >= 11 is 0. The number of rotatable bonds is 17. The van der Waals surface area contributed by atoms with Gasteiger partial charge in [-0.25, -0.2) is 0 Å². The Balaban J connectivity index is 1.70. The lowest BCUT2D eigenvalue weighted by Gasteiger charge is -2.54. The lowest BCUT2D eigenvalue weighted by Crippen LogP contribution is -2.80. The molecule has 51 heavy (non-hydrogen) atoms. The van der Waals surface area contributed by atoms with Crippen LogP contribution in [0.2, 0.25) is 0 Å². The van der Waals surface area contributed by atoms with E-state index in [-0.39, 0.29) is 19.4 Å². The summed E-state index contributed by atoms with van der Waals surface area (Å²) in [7, 11) is 0. The number of aliphatic hydroxyl groups is 3. The molecule has 0 aliphatic carbocycles. The van der Waals surface area contributed by atoms with Gasteiger partial charge in [0.15, 0.2) is 12.2 Å². The fraction of sp³-hybridized carbons (Fsp3) is 0.471. The molecule has 0 radical (unpaired) electrons. The molecule has 2 aromatic carbocycles. The summed E-state index contributed by atoms with van der Waals surface area (Å²) in [5, 5.41) is 40.7. The average molecular weight is 717 g/mol. The van der Waals surface area contributed by atoms with E-state index >= 15 is 0 Å². The summed E-state index contributed by atoms with van der Waals surface area (Å²) in [5.74, 6) is -7.84. The zero-order chi connectivity index (χ0) is 37.8. The van der Waals surface area contributed by atoms with Crippen molar-refractivity contribution >= 4 is 35.6 Å². The minimum Gasteiger partial charge on any atom is -0.461 e. The average Bonchev–Trinajstić information content (AvgIpc) is 3.07. The van der Waals surface area contributed by atoms with E-state index in [0.29, 0.717) is 5.56 Å². The maximum Gasteiger partial charge on any atom is 0.306 e. The molecule has 7 atom stereocenters. The maximum absolute atomic E-state index is 13.0. The topological polar surface area (TPSA) is 262 Å². The Labute approximate surface area is 293 Å². The highest BCUT2D eigenvalue weighted by Crippen LogP contribution is 2.40. The molecular weight excluding hydrogens is 672 g/mol. The van der Waals surface area contributed by atoms with Crippen molar-refractivity contribution in [2.45, 2.75) is 88.5 Å². The van der Waals surface area contributed by atoms with Crippen molar-refractivity contribution < 1.29 is 63.0 Å². The number of aliphatic hydroxyl groups excluding tert-OH is 1. The molecule has 1 aliphatic rings. The third kappa shape index (κ3) is 11.3. The molecule has 0 saturated carbocycles. The smallest absolute Gasteiger partial charge is 0.306 e. The van der Waals surface area contributed by atoms with Crippen LogP contribution in [0.25, 0.3) is 0 Å². The molecular formula is C34H44N4O13. The number of hydrogen-bond acceptors (Lipinski definition) is 13. The van der Waals surface area contributed by atoms with Gasteiger partial charge >= 0.3 is 11.9 Å². The molecule has 8 N–H and O–H groups in total. The monoisotopic (exact) mass is 716 g/mol.